The van der Waals surface area contributed by atoms with Crippen LogP contribution < -0.4 is 10.6 Å². The number of hydrogen-bond acceptors (Lipinski definition) is 3. The third-order valence-electron chi connectivity index (χ3n) is 4.12. The van der Waals surface area contributed by atoms with Gasteiger partial charge in [-0.1, -0.05) is 13.3 Å². The minimum Gasteiger partial charge on any atom is -0.356 e. The highest BCUT2D eigenvalue weighted by atomic mass is 32.2. The monoisotopic (exact) mass is 299 g/mol. The smallest absolute Gasteiger partial charge is 0.317 e. The van der Waals surface area contributed by atoms with Crippen LogP contribution in [0.2, 0.25) is 0 Å². The zero-order valence-corrected chi connectivity index (χ0v) is 13.2. The van der Waals surface area contributed by atoms with E-state index in [0.717, 1.165) is 38.0 Å². The van der Waals surface area contributed by atoms with Gasteiger partial charge in [0.2, 0.25) is 5.91 Å². The normalized spacial score (nSPS) is 28.4. The molecule has 2 N–H and O–H groups in total. The van der Waals surface area contributed by atoms with Crippen LogP contribution >= 0.6 is 11.8 Å². The third kappa shape index (κ3) is 3.59. The van der Waals surface area contributed by atoms with Gasteiger partial charge in [-0.15, -0.1) is 0 Å². The first kappa shape index (κ1) is 15.5. The molecule has 0 saturated carbocycles. The van der Waals surface area contributed by atoms with Gasteiger partial charge in [-0.2, -0.15) is 11.8 Å². The number of thioether (sulfide) groups is 1. The van der Waals surface area contributed by atoms with Gasteiger partial charge in [0, 0.05) is 31.0 Å². The third-order valence-corrected chi connectivity index (χ3v) is 5.61. The van der Waals surface area contributed by atoms with Crippen LogP contribution in [0.4, 0.5) is 4.79 Å². The van der Waals surface area contributed by atoms with Crippen LogP contribution in [-0.4, -0.2) is 53.5 Å². The van der Waals surface area contributed by atoms with Gasteiger partial charge in [0.15, 0.2) is 0 Å². The van der Waals surface area contributed by atoms with Crippen molar-refractivity contribution in [3.63, 3.8) is 0 Å². The second-order valence-corrected chi connectivity index (χ2v) is 6.89. The fourth-order valence-electron chi connectivity index (χ4n) is 2.86. The van der Waals surface area contributed by atoms with Gasteiger partial charge in [0.1, 0.15) is 0 Å². The fraction of sp³-hybridized carbons (Fsp3) is 0.857. The van der Waals surface area contributed by atoms with Crippen molar-refractivity contribution in [2.45, 2.75) is 56.4 Å². The van der Waals surface area contributed by atoms with E-state index >= 15 is 0 Å². The van der Waals surface area contributed by atoms with E-state index in [1.165, 1.54) is 0 Å². The Bertz CT molecular complexity index is 364. The Kier molecular flexibility index (Phi) is 5.57. The molecule has 2 heterocycles. The molecule has 0 aromatic carbocycles. The molecular weight excluding hydrogens is 274 g/mol. The number of nitrogens with one attached hydrogen (secondary N) is 2. The number of hydrogen-bond donors (Lipinski definition) is 2. The molecule has 20 heavy (non-hydrogen) atoms. The van der Waals surface area contributed by atoms with Crippen molar-refractivity contribution in [3.8, 4) is 0 Å². The average Bonchev–Trinajstić information content (AvgIpc) is 2.94. The van der Waals surface area contributed by atoms with Crippen molar-refractivity contribution in [2.24, 2.45) is 0 Å². The summed E-state index contributed by atoms with van der Waals surface area (Å²) in [7, 11) is 1.88. The lowest BCUT2D eigenvalue weighted by atomic mass is 10.0. The zero-order chi connectivity index (χ0) is 14.5. The second kappa shape index (κ2) is 7.20. The predicted octanol–water partition coefficient (Wildman–Crippen LogP) is 1.58. The van der Waals surface area contributed by atoms with Crippen LogP contribution in [0, 0.1) is 0 Å². The van der Waals surface area contributed by atoms with Gasteiger partial charge >= 0.3 is 6.03 Å². The van der Waals surface area contributed by atoms with Gasteiger partial charge in [0.05, 0.1) is 12.1 Å². The van der Waals surface area contributed by atoms with E-state index in [4.69, 9.17) is 0 Å². The van der Waals surface area contributed by atoms with Gasteiger partial charge in [-0.05, 0) is 19.3 Å². The lowest BCUT2D eigenvalue weighted by Crippen LogP contribution is -2.37. The van der Waals surface area contributed by atoms with E-state index in [-0.39, 0.29) is 11.9 Å². The summed E-state index contributed by atoms with van der Waals surface area (Å²) in [5.41, 5.74) is 0. The number of urea groups is 1. The number of unbranched alkanes of at least 4 members (excludes halogenated alkanes) is 1. The Hall–Kier alpha value is -0.910. The van der Waals surface area contributed by atoms with Crippen LogP contribution in [0.3, 0.4) is 0 Å². The van der Waals surface area contributed by atoms with E-state index in [2.05, 4.69) is 17.6 Å². The van der Waals surface area contributed by atoms with Crippen LogP contribution in [0.15, 0.2) is 0 Å². The van der Waals surface area contributed by atoms with Crippen LogP contribution in [0.1, 0.15) is 39.0 Å². The first-order chi connectivity index (χ1) is 9.63. The Morgan fingerprint density at radius 2 is 2.30 bits per heavy atom. The number of carbonyl (C=O) groups is 2. The molecule has 6 heteroatoms. The number of carbonyl (C=O) groups excluding carboxylic acids is 2. The molecule has 2 aliphatic rings. The Morgan fingerprint density at radius 3 is 3.05 bits per heavy atom. The lowest BCUT2D eigenvalue weighted by Gasteiger charge is -2.17. The molecular formula is C14H25N3O2S. The topological polar surface area (TPSA) is 61.4 Å². The van der Waals surface area contributed by atoms with Crippen LogP contribution in [-0.2, 0) is 4.79 Å². The summed E-state index contributed by atoms with van der Waals surface area (Å²) < 4.78 is 0. The summed E-state index contributed by atoms with van der Waals surface area (Å²) in [6.07, 6.45) is 4.69. The molecule has 114 valence electrons. The quantitative estimate of drug-likeness (QED) is 0.554. The number of fused-ring (bicyclic) bond motifs is 1. The van der Waals surface area contributed by atoms with Crippen molar-refractivity contribution in [2.75, 3.05) is 19.3 Å². The maximum absolute atomic E-state index is 11.6. The molecule has 2 fully saturated rings. The molecule has 2 aliphatic heterocycles. The molecule has 0 spiro atoms. The van der Waals surface area contributed by atoms with E-state index in [1.807, 2.05) is 23.7 Å². The maximum Gasteiger partial charge on any atom is 0.317 e. The molecule has 0 radical (unpaired) electrons. The second-order valence-electron chi connectivity index (χ2n) is 5.62. The van der Waals surface area contributed by atoms with Crippen molar-refractivity contribution in [1.82, 2.24) is 15.5 Å². The summed E-state index contributed by atoms with van der Waals surface area (Å²) >= 11 is 1.96. The Balaban J connectivity index is 1.63. The minimum absolute atomic E-state index is 0.0595. The largest absolute Gasteiger partial charge is 0.356 e. The molecule has 0 aromatic rings. The van der Waals surface area contributed by atoms with E-state index < -0.39 is 0 Å². The summed E-state index contributed by atoms with van der Waals surface area (Å²) in [5, 5.41) is 6.49. The molecule has 3 unspecified atom stereocenters. The molecule has 5 nitrogen and oxygen atoms in total. The minimum atomic E-state index is 0.0595. The number of nitrogens with zero attached hydrogens (tertiary/aromatic N) is 1. The first-order valence-corrected chi connectivity index (χ1v) is 8.60. The Morgan fingerprint density at radius 1 is 1.50 bits per heavy atom. The highest BCUT2D eigenvalue weighted by molar-refractivity contribution is 8.00. The molecule has 3 amide bonds. The average molecular weight is 299 g/mol. The standard InChI is InChI=1S/C14H25N3O2S/c1-3-8-15-12(18)7-5-4-6-11-13-10(9-20-11)17(2)14(19)16-13/h10-11,13H,3-9H2,1-2H3,(H,15,18)(H,16,19). The lowest BCUT2D eigenvalue weighted by molar-refractivity contribution is -0.121. The number of rotatable bonds is 7. The fourth-order valence-corrected chi connectivity index (χ4v) is 4.53. The summed E-state index contributed by atoms with van der Waals surface area (Å²) in [5.74, 6) is 1.19. The zero-order valence-electron chi connectivity index (χ0n) is 12.4. The Labute approximate surface area is 125 Å². The first-order valence-electron chi connectivity index (χ1n) is 7.55. The van der Waals surface area contributed by atoms with Crippen molar-refractivity contribution >= 4 is 23.7 Å². The predicted molar refractivity (Wildman–Crippen MR) is 81.9 cm³/mol. The summed E-state index contributed by atoms with van der Waals surface area (Å²) in [6, 6.07) is 0.709. The molecule has 3 atom stereocenters. The highest BCUT2D eigenvalue weighted by Crippen LogP contribution is 2.36. The maximum atomic E-state index is 11.6. The van der Waals surface area contributed by atoms with Crippen molar-refractivity contribution in [3.05, 3.63) is 0 Å². The van der Waals surface area contributed by atoms with Gasteiger partial charge < -0.3 is 15.5 Å². The molecule has 2 saturated heterocycles. The van der Waals surface area contributed by atoms with Crippen molar-refractivity contribution < 1.29 is 9.59 Å². The van der Waals surface area contributed by atoms with Gasteiger partial charge in [-0.3, -0.25) is 4.79 Å². The van der Waals surface area contributed by atoms with E-state index in [1.54, 1.807) is 0 Å². The molecule has 2 rings (SSSR count). The summed E-state index contributed by atoms with van der Waals surface area (Å²) in [4.78, 5) is 24.9. The number of amides is 3. The van der Waals surface area contributed by atoms with E-state index in [0.29, 0.717) is 23.8 Å². The summed E-state index contributed by atoms with van der Waals surface area (Å²) in [6.45, 7) is 2.83. The highest BCUT2D eigenvalue weighted by Gasteiger charge is 2.46. The molecule has 0 bridgehead atoms. The van der Waals surface area contributed by atoms with Gasteiger partial charge in [0.25, 0.3) is 0 Å². The molecule has 0 aliphatic carbocycles. The van der Waals surface area contributed by atoms with Crippen LogP contribution in [0.5, 0.6) is 0 Å². The number of likely N-dealkylation sites (N-methyl/N-ethyl adjacent to an activating group) is 1. The molecule has 0 aromatic heterocycles. The van der Waals surface area contributed by atoms with Gasteiger partial charge in [-0.25, -0.2) is 4.79 Å². The van der Waals surface area contributed by atoms with E-state index in [9.17, 15) is 9.59 Å². The van der Waals surface area contributed by atoms with Crippen LogP contribution in [0.25, 0.3) is 0 Å². The SMILES string of the molecule is CCCNC(=O)CCCCC1SCC2C1NC(=O)N2C. The van der Waals surface area contributed by atoms with Crippen molar-refractivity contribution in [1.29, 1.82) is 0 Å².